The van der Waals surface area contributed by atoms with E-state index in [1.54, 1.807) is 31.3 Å². The summed E-state index contributed by atoms with van der Waals surface area (Å²) in [6.07, 6.45) is 1.60. The van der Waals surface area contributed by atoms with Crippen molar-refractivity contribution in [1.29, 1.82) is 5.26 Å². The van der Waals surface area contributed by atoms with Gasteiger partial charge in [-0.2, -0.15) is 5.26 Å². The van der Waals surface area contributed by atoms with Crippen LogP contribution < -0.4 is 14.8 Å². The fourth-order valence-corrected chi connectivity index (χ4v) is 2.77. The normalized spacial score (nSPS) is 19.0. The number of amides is 1. The van der Waals surface area contributed by atoms with E-state index in [0.717, 1.165) is 18.4 Å². The highest BCUT2D eigenvalue weighted by Crippen LogP contribution is 2.27. The predicted octanol–water partition coefficient (Wildman–Crippen LogP) is 1.51. The largest absolute Gasteiger partial charge is 0.493 e. The van der Waals surface area contributed by atoms with E-state index >= 15 is 0 Å². The fourth-order valence-electron chi connectivity index (χ4n) is 2.77. The number of nitrogens with zero attached hydrogens (tertiary/aromatic N) is 2. The fraction of sp³-hybridized carbons (Fsp3) is 0.444. The molecule has 126 valence electrons. The van der Waals surface area contributed by atoms with Gasteiger partial charge in [0.1, 0.15) is 12.6 Å². The molecule has 2 rings (SSSR count). The van der Waals surface area contributed by atoms with Gasteiger partial charge in [0.05, 0.1) is 20.3 Å². The summed E-state index contributed by atoms with van der Waals surface area (Å²) >= 11 is 0. The number of nitriles is 1. The zero-order valence-corrected chi connectivity index (χ0v) is 14.1. The van der Waals surface area contributed by atoms with E-state index in [1.807, 2.05) is 13.0 Å². The van der Waals surface area contributed by atoms with Crippen LogP contribution in [0.5, 0.6) is 11.5 Å². The lowest BCUT2D eigenvalue weighted by atomic mass is 10.2. The Kier molecular flexibility index (Phi) is 5.92. The number of rotatable bonds is 4. The van der Waals surface area contributed by atoms with Crippen molar-refractivity contribution in [3.63, 3.8) is 0 Å². The lowest BCUT2D eigenvalue weighted by molar-refractivity contribution is -0.131. The SMILES string of the molecule is COc1ccc(C#CNCC(=O)N2[C@H](C#N)CC[C@@H]2C)cc1OC. The second-order valence-electron chi connectivity index (χ2n) is 5.55. The van der Waals surface area contributed by atoms with Gasteiger partial charge in [0.25, 0.3) is 0 Å². The Morgan fingerprint density at radius 3 is 2.75 bits per heavy atom. The number of hydrogen-bond donors (Lipinski definition) is 1. The second kappa shape index (κ2) is 8.12. The molecule has 24 heavy (non-hydrogen) atoms. The Balaban J connectivity index is 1.94. The van der Waals surface area contributed by atoms with Crippen LogP contribution in [-0.2, 0) is 4.79 Å². The maximum atomic E-state index is 12.2. The van der Waals surface area contributed by atoms with Gasteiger partial charge in [-0.15, -0.1) is 0 Å². The molecule has 0 bridgehead atoms. The average molecular weight is 327 g/mol. The number of likely N-dealkylation sites (tertiary alicyclic amines) is 1. The third-order valence-corrected chi connectivity index (χ3v) is 4.02. The molecule has 1 aromatic carbocycles. The number of benzene rings is 1. The molecule has 1 fully saturated rings. The highest BCUT2D eigenvalue weighted by atomic mass is 16.5. The molecule has 1 amide bonds. The topological polar surface area (TPSA) is 74.6 Å². The van der Waals surface area contributed by atoms with E-state index in [4.69, 9.17) is 14.7 Å². The van der Waals surface area contributed by atoms with Gasteiger partial charge in [-0.1, -0.05) is 0 Å². The molecule has 2 atom stereocenters. The summed E-state index contributed by atoms with van der Waals surface area (Å²) in [6, 6.07) is 10.1. The second-order valence-corrected chi connectivity index (χ2v) is 5.55. The van der Waals surface area contributed by atoms with Crippen LogP contribution in [0, 0.1) is 23.3 Å². The van der Waals surface area contributed by atoms with Gasteiger partial charge < -0.3 is 19.7 Å². The van der Waals surface area contributed by atoms with Gasteiger partial charge in [0.2, 0.25) is 5.91 Å². The molecular formula is C18H21N3O3. The minimum Gasteiger partial charge on any atom is -0.493 e. The Labute approximate surface area is 142 Å². The lowest BCUT2D eigenvalue weighted by Gasteiger charge is -2.24. The summed E-state index contributed by atoms with van der Waals surface area (Å²) < 4.78 is 10.4. The minimum absolute atomic E-state index is 0.0861. The standard InChI is InChI=1S/C18H21N3O3/c1-13-4-6-15(11-19)21(13)18(22)12-20-9-8-14-5-7-16(23-2)17(10-14)24-3/h5,7,10,13,15,20H,4,6,12H2,1-3H3/t13-,15-/m0/s1. The maximum absolute atomic E-state index is 12.2. The number of nitrogens with one attached hydrogen (secondary N) is 1. The smallest absolute Gasteiger partial charge is 0.243 e. The summed E-state index contributed by atoms with van der Waals surface area (Å²) in [5.41, 5.74) is 0.747. The molecule has 1 N–H and O–H groups in total. The minimum atomic E-state index is -0.326. The van der Waals surface area contributed by atoms with Gasteiger partial charge in [-0.3, -0.25) is 4.79 Å². The molecule has 1 aliphatic rings. The average Bonchev–Trinajstić information content (AvgIpc) is 2.99. The molecule has 0 saturated carbocycles. The van der Waals surface area contributed by atoms with Crippen molar-refractivity contribution in [2.75, 3.05) is 20.8 Å². The molecule has 6 nitrogen and oxygen atoms in total. The third-order valence-electron chi connectivity index (χ3n) is 4.02. The highest BCUT2D eigenvalue weighted by molar-refractivity contribution is 5.79. The number of methoxy groups -OCH3 is 2. The van der Waals surface area contributed by atoms with Crippen LogP contribution in [0.2, 0.25) is 0 Å². The molecule has 6 heteroatoms. The Hall–Kier alpha value is -2.86. The third kappa shape index (κ3) is 3.91. The number of carbonyl (C=O) groups is 1. The Morgan fingerprint density at radius 1 is 1.33 bits per heavy atom. The summed E-state index contributed by atoms with van der Waals surface area (Å²) in [5.74, 6) is 4.05. The van der Waals surface area contributed by atoms with Crippen molar-refractivity contribution in [1.82, 2.24) is 10.2 Å². The first kappa shape index (κ1) is 17.5. The first-order valence-corrected chi connectivity index (χ1v) is 7.77. The van der Waals surface area contributed by atoms with Crippen LogP contribution in [0.3, 0.4) is 0 Å². The van der Waals surface area contributed by atoms with Gasteiger partial charge in [-0.05, 0) is 43.9 Å². The summed E-state index contributed by atoms with van der Waals surface area (Å²) in [4.78, 5) is 13.9. The van der Waals surface area contributed by atoms with Crippen molar-refractivity contribution < 1.29 is 14.3 Å². The van der Waals surface area contributed by atoms with Gasteiger partial charge in [-0.25, -0.2) is 0 Å². The molecule has 0 aliphatic carbocycles. The summed E-state index contributed by atoms with van der Waals surface area (Å²) in [5, 5.41) is 11.9. The molecule has 1 saturated heterocycles. The molecule has 0 aromatic heterocycles. The molecule has 1 aromatic rings. The van der Waals surface area contributed by atoms with E-state index in [2.05, 4.69) is 23.4 Å². The van der Waals surface area contributed by atoms with Crippen LogP contribution in [0.25, 0.3) is 0 Å². The quantitative estimate of drug-likeness (QED) is 0.670. The van der Waals surface area contributed by atoms with Crippen molar-refractivity contribution in [3.05, 3.63) is 23.8 Å². The van der Waals surface area contributed by atoms with Gasteiger partial charge in [0, 0.05) is 17.6 Å². The molecule has 1 aliphatic heterocycles. The van der Waals surface area contributed by atoms with Crippen molar-refractivity contribution in [2.45, 2.75) is 31.8 Å². The Bertz CT molecular complexity index is 700. The van der Waals surface area contributed by atoms with E-state index in [9.17, 15) is 4.79 Å². The number of carbonyl (C=O) groups excluding carboxylic acids is 1. The van der Waals surface area contributed by atoms with Crippen LogP contribution >= 0.6 is 0 Å². The first-order chi connectivity index (χ1) is 11.6. The van der Waals surface area contributed by atoms with Gasteiger partial charge >= 0.3 is 0 Å². The Morgan fingerprint density at radius 2 is 2.08 bits per heavy atom. The van der Waals surface area contributed by atoms with Crippen LogP contribution in [0.15, 0.2) is 18.2 Å². The monoisotopic (exact) mass is 327 g/mol. The van der Waals surface area contributed by atoms with Crippen molar-refractivity contribution in [2.24, 2.45) is 0 Å². The molecule has 1 heterocycles. The van der Waals surface area contributed by atoms with Crippen LogP contribution in [0.1, 0.15) is 25.3 Å². The highest BCUT2D eigenvalue weighted by Gasteiger charge is 2.33. The van der Waals surface area contributed by atoms with E-state index in [1.165, 1.54) is 0 Å². The lowest BCUT2D eigenvalue weighted by Crippen LogP contribution is -2.43. The van der Waals surface area contributed by atoms with E-state index < -0.39 is 0 Å². The predicted molar refractivity (Wildman–Crippen MR) is 89.4 cm³/mol. The molecule has 0 spiro atoms. The number of hydrogen-bond acceptors (Lipinski definition) is 5. The molecule has 0 unspecified atom stereocenters. The molecule has 0 radical (unpaired) electrons. The van der Waals surface area contributed by atoms with Crippen LogP contribution in [-0.4, -0.2) is 43.7 Å². The van der Waals surface area contributed by atoms with Gasteiger partial charge in [0.15, 0.2) is 11.5 Å². The zero-order chi connectivity index (χ0) is 17.5. The van der Waals surface area contributed by atoms with E-state index in [-0.39, 0.29) is 24.5 Å². The summed E-state index contributed by atoms with van der Waals surface area (Å²) in [6.45, 7) is 2.05. The number of ether oxygens (including phenoxy) is 2. The van der Waals surface area contributed by atoms with Crippen molar-refractivity contribution in [3.8, 4) is 29.5 Å². The van der Waals surface area contributed by atoms with Crippen LogP contribution in [0.4, 0.5) is 0 Å². The zero-order valence-electron chi connectivity index (χ0n) is 14.1. The van der Waals surface area contributed by atoms with E-state index in [0.29, 0.717) is 11.5 Å². The first-order valence-electron chi connectivity index (χ1n) is 7.77. The maximum Gasteiger partial charge on any atom is 0.243 e. The molecular weight excluding hydrogens is 306 g/mol. The summed E-state index contributed by atoms with van der Waals surface area (Å²) in [7, 11) is 3.14. The van der Waals surface area contributed by atoms with Crippen molar-refractivity contribution >= 4 is 5.91 Å².